The van der Waals surface area contributed by atoms with E-state index in [2.05, 4.69) is 9.97 Å². The Bertz CT molecular complexity index is 312. The monoisotopic (exact) mass is 197 g/mol. The van der Waals surface area contributed by atoms with E-state index in [1.54, 1.807) is 12.4 Å². The first kappa shape index (κ1) is 10.4. The lowest BCUT2D eigenvalue weighted by atomic mass is 10.3. The summed E-state index contributed by atoms with van der Waals surface area (Å²) in [7, 11) is 0. The van der Waals surface area contributed by atoms with E-state index in [0.717, 1.165) is 5.56 Å². The number of carboxylic acid groups (broad SMARTS) is 1. The minimum absolute atomic E-state index is 0.132. The van der Waals surface area contributed by atoms with Crippen LogP contribution in [-0.2, 0) is 4.79 Å². The lowest BCUT2D eigenvalue weighted by Gasteiger charge is -2.06. The van der Waals surface area contributed by atoms with Crippen molar-refractivity contribution in [1.82, 2.24) is 9.97 Å². The van der Waals surface area contributed by atoms with Gasteiger partial charge < -0.3 is 15.6 Å². The van der Waals surface area contributed by atoms with Crippen LogP contribution in [0.1, 0.15) is 5.56 Å². The predicted octanol–water partition coefficient (Wildman–Crippen LogP) is -0.424. The molecule has 1 rings (SSSR count). The fraction of sp³-hybridized carbons (Fsp3) is 0.375. The lowest BCUT2D eigenvalue weighted by Crippen LogP contribution is -2.36. The Morgan fingerprint density at radius 3 is 2.71 bits per heavy atom. The third-order valence-corrected chi connectivity index (χ3v) is 1.47. The van der Waals surface area contributed by atoms with Crippen LogP contribution in [-0.4, -0.2) is 33.7 Å². The van der Waals surface area contributed by atoms with Crippen molar-refractivity contribution in [2.45, 2.75) is 13.0 Å². The van der Waals surface area contributed by atoms with Gasteiger partial charge >= 0.3 is 12.0 Å². The number of hydrogen-bond acceptors (Lipinski definition) is 5. The van der Waals surface area contributed by atoms with E-state index < -0.39 is 12.0 Å². The van der Waals surface area contributed by atoms with Gasteiger partial charge in [-0.1, -0.05) is 0 Å². The van der Waals surface area contributed by atoms with Crippen molar-refractivity contribution in [3.05, 3.63) is 18.0 Å². The van der Waals surface area contributed by atoms with Crippen molar-refractivity contribution in [2.24, 2.45) is 5.73 Å². The van der Waals surface area contributed by atoms with Gasteiger partial charge in [0.2, 0.25) is 0 Å². The Morgan fingerprint density at radius 1 is 1.64 bits per heavy atom. The fourth-order valence-electron chi connectivity index (χ4n) is 0.691. The van der Waals surface area contributed by atoms with E-state index in [4.69, 9.17) is 15.6 Å². The highest BCUT2D eigenvalue weighted by atomic mass is 16.5. The number of rotatable bonds is 4. The van der Waals surface area contributed by atoms with Crippen LogP contribution in [0.25, 0.3) is 0 Å². The Hall–Kier alpha value is -1.69. The molecular weight excluding hydrogens is 186 g/mol. The Morgan fingerprint density at radius 2 is 2.21 bits per heavy atom. The normalized spacial score (nSPS) is 12.1. The average Bonchev–Trinajstić information content (AvgIpc) is 2.16. The molecule has 0 aliphatic rings. The van der Waals surface area contributed by atoms with Crippen LogP contribution in [0.5, 0.6) is 6.01 Å². The van der Waals surface area contributed by atoms with Crippen molar-refractivity contribution in [3.8, 4) is 6.01 Å². The highest BCUT2D eigenvalue weighted by Crippen LogP contribution is 2.01. The molecule has 6 nitrogen and oxygen atoms in total. The number of aromatic nitrogens is 2. The summed E-state index contributed by atoms with van der Waals surface area (Å²) in [6.45, 7) is 1.70. The molecule has 0 radical (unpaired) electrons. The summed E-state index contributed by atoms with van der Waals surface area (Å²) >= 11 is 0. The van der Waals surface area contributed by atoms with Crippen LogP contribution in [0.4, 0.5) is 0 Å². The summed E-state index contributed by atoms with van der Waals surface area (Å²) in [5, 5.41) is 8.46. The largest absolute Gasteiger partial charge is 0.480 e. The van der Waals surface area contributed by atoms with E-state index in [0.29, 0.717) is 0 Å². The van der Waals surface area contributed by atoms with Gasteiger partial charge in [-0.25, -0.2) is 9.97 Å². The van der Waals surface area contributed by atoms with Gasteiger partial charge in [-0.2, -0.15) is 0 Å². The van der Waals surface area contributed by atoms with Crippen molar-refractivity contribution in [1.29, 1.82) is 0 Å². The van der Waals surface area contributed by atoms with Gasteiger partial charge in [0.15, 0.2) is 0 Å². The summed E-state index contributed by atoms with van der Waals surface area (Å²) in [4.78, 5) is 18.0. The molecule has 0 aliphatic carbocycles. The highest BCUT2D eigenvalue weighted by molar-refractivity contribution is 5.73. The van der Waals surface area contributed by atoms with E-state index in [1.807, 2.05) is 6.92 Å². The quantitative estimate of drug-likeness (QED) is 0.680. The molecule has 6 heteroatoms. The number of carboxylic acids is 1. The molecule has 0 aromatic carbocycles. The van der Waals surface area contributed by atoms with Crippen LogP contribution in [0.15, 0.2) is 12.4 Å². The fourth-order valence-corrected chi connectivity index (χ4v) is 0.691. The number of hydrogen-bond donors (Lipinski definition) is 2. The van der Waals surface area contributed by atoms with Crippen LogP contribution < -0.4 is 10.5 Å². The van der Waals surface area contributed by atoms with Gasteiger partial charge in [0.1, 0.15) is 12.6 Å². The van der Waals surface area contributed by atoms with Gasteiger partial charge in [0.25, 0.3) is 0 Å². The second-order valence-electron chi connectivity index (χ2n) is 2.80. The molecule has 3 N–H and O–H groups in total. The number of nitrogens with two attached hydrogens (primary N) is 1. The average molecular weight is 197 g/mol. The zero-order chi connectivity index (χ0) is 10.6. The van der Waals surface area contributed by atoms with Crippen molar-refractivity contribution >= 4 is 5.97 Å². The number of aryl methyl sites for hydroxylation is 1. The maximum absolute atomic E-state index is 10.3. The molecule has 1 aromatic rings. The SMILES string of the molecule is Cc1cnc(OCC(N)C(=O)O)nc1. The minimum atomic E-state index is -1.11. The maximum atomic E-state index is 10.3. The topological polar surface area (TPSA) is 98.3 Å². The second-order valence-corrected chi connectivity index (χ2v) is 2.80. The van der Waals surface area contributed by atoms with Crippen molar-refractivity contribution in [2.75, 3.05) is 6.61 Å². The zero-order valence-corrected chi connectivity index (χ0v) is 7.67. The van der Waals surface area contributed by atoms with Gasteiger partial charge in [-0.15, -0.1) is 0 Å². The van der Waals surface area contributed by atoms with Crippen LogP contribution in [0.3, 0.4) is 0 Å². The van der Waals surface area contributed by atoms with Gasteiger partial charge in [-0.05, 0) is 12.5 Å². The molecule has 14 heavy (non-hydrogen) atoms. The maximum Gasteiger partial charge on any atom is 0.324 e. The smallest absolute Gasteiger partial charge is 0.324 e. The molecule has 76 valence electrons. The molecule has 0 bridgehead atoms. The van der Waals surface area contributed by atoms with Crippen molar-refractivity contribution < 1.29 is 14.6 Å². The molecule has 1 heterocycles. The van der Waals surface area contributed by atoms with Crippen LogP contribution in [0.2, 0.25) is 0 Å². The molecule has 1 unspecified atom stereocenters. The number of nitrogens with zero attached hydrogens (tertiary/aromatic N) is 2. The predicted molar refractivity (Wildman–Crippen MR) is 47.9 cm³/mol. The number of aliphatic carboxylic acids is 1. The zero-order valence-electron chi connectivity index (χ0n) is 7.67. The molecule has 0 spiro atoms. The first-order valence-electron chi connectivity index (χ1n) is 3.99. The van der Waals surface area contributed by atoms with E-state index in [1.165, 1.54) is 0 Å². The summed E-state index contributed by atoms with van der Waals surface area (Å²) in [5.74, 6) is -1.11. The van der Waals surface area contributed by atoms with Gasteiger partial charge in [0, 0.05) is 12.4 Å². The summed E-state index contributed by atoms with van der Waals surface area (Å²) in [6, 6.07) is -0.924. The van der Waals surface area contributed by atoms with E-state index >= 15 is 0 Å². The second kappa shape index (κ2) is 4.52. The summed E-state index contributed by atoms with van der Waals surface area (Å²) < 4.78 is 4.96. The summed E-state index contributed by atoms with van der Waals surface area (Å²) in [5.41, 5.74) is 6.12. The number of carbonyl (C=O) groups is 1. The number of ether oxygens (including phenoxy) is 1. The van der Waals surface area contributed by atoms with E-state index in [-0.39, 0.29) is 12.6 Å². The third kappa shape index (κ3) is 2.98. The van der Waals surface area contributed by atoms with Crippen LogP contribution >= 0.6 is 0 Å². The molecule has 0 fully saturated rings. The molecule has 0 amide bonds. The molecular formula is C8H11N3O3. The first-order valence-corrected chi connectivity index (χ1v) is 3.99. The van der Waals surface area contributed by atoms with Gasteiger partial charge in [0.05, 0.1) is 0 Å². The molecule has 0 saturated heterocycles. The first-order chi connectivity index (χ1) is 6.59. The highest BCUT2D eigenvalue weighted by Gasteiger charge is 2.12. The molecule has 1 aromatic heterocycles. The van der Waals surface area contributed by atoms with Crippen molar-refractivity contribution in [3.63, 3.8) is 0 Å². The molecule has 0 saturated carbocycles. The summed E-state index contributed by atoms with van der Waals surface area (Å²) in [6.07, 6.45) is 3.16. The van der Waals surface area contributed by atoms with E-state index in [9.17, 15) is 4.79 Å². The standard InChI is InChI=1S/C8H11N3O3/c1-5-2-10-8(11-3-5)14-4-6(9)7(12)13/h2-3,6H,4,9H2,1H3,(H,12,13). The Balaban J connectivity index is 2.46. The minimum Gasteiger partial charge on any atom is -0.480 e. The molecule has 0 aliphatic heterocycles. The Kier molecular flexibility index (Phi) is 3.35. The third-order valence-electron chi connectivity index (χ3n) is 1.47. The Labute approximate surface area is 80.7 Å². The van der Waals surface area contributed by atoms with Crippen LogP contribution in [0, 0.1) is 6.92 Å². The van der Waals surface area contributed by atoms with Gasteiger partial charge in [-0.3, -0.25) is 4.79 Å². The molecule has 1 atom stereocenters. The lowest BCUT2D eigenvalue weighted by molar-refractivity contribution is -0.139.